The van der Waals surface area contributed by atoms with Gasteiger partial charge >= 0.3 is 5.97 Å². The van der Waals surface area contributed by atoms with E-state index in [1.807, 2.05) is 6.07 Å². The number of rotatable bonds is 3. The van der Waals surface area contributed by atoms with E-state index in [2.05, 4.69) is 6.92 Å². The first-order valence-corrected chi connectivity index (χ1v) is 5.95. The second kappa shape index (κ2) is 4.73. The first-order valence-electron chi connectivity index (χ1n) is 5.95. The molecule has 0 unspecified atom stereocenters. The first kappa shape index (κ1) is 11.2. The summed E-state index contributed by atoms with van der Waals surface area (Å²) in [5.74, 6) is 2.03. The van der Waals surface area contributed by atoms with Gasteiger partial charge in [0.2, 0.25) is 0 Å². The van der Waals surface area contributed by atoms with Crippen LogP contribution in [0.15, 0.2) is 16.5 Å². The highest BCUT2D eigenvalue weighted by Crippen LogP contribution is 2.36. The largest absolute Gasteiger partial charge is 0.481 e. The number of carboxylic acid groups (broad SMARTS) is 1. The molecule has 88 valence electrons. The molecular weight excluding hydrogens is 204 g/mol. The van der Waals surface area contributed by atoms with Gasteiger partial charge in [0.1, 0.15) is 17.9 Å². The molecule has 0 saturated heterocycles. The fourth-order valence-electron chi connectivity index (χ4n) is 2.40. The molecule has 1 aliphatic rings. The molecule has 3 nitrogen and oxygen atoms in total. The van der Waals surface area contributed by atoms with Crippen molar-refractivity contribution in [2.45, 2.75) is 44.9 Å². The van der Waals surface area contributed by atoms with Crippen LogP contribution < -0.4 is 0 Å². The average molecular weight is 222 g/mol. The normalized spacial score (nSPS) is 25.6. The third kappa shape index (κ3) is 2.65. The van der Waals surface area contributed by atoms with Crippen LogP contribution in [0.2, 0.25) is 0 Å². The van der Waals surface area contributed by atoms with E-state index in [1.165, 1.54) is 25.7 Å². The summed E-state index contributed by atoms with van der Waals surface area (Å²) in [4.78, 5) is 10.5. The van der Waals surface area contributed by atoms with Gasteiger partial charge < -0.3 is 9.52 Å². The lowest BCUT2D eigenvalue weighted by Gasteiger charge is -2.24. The highest BCUT2D eigenvalue weighted by Gasteiger charge is 2.22. The Balaban J connectivity index is 1.99. The Hall–Kier alpha value is -1.25. The molecule has 0 atom stereocenters. The maximum absolute atomic E-state index is 10.5. The van der Waals surface area contributed by atoms with E-state index in [1.54, 1.807) is 6.07 Å². The highest BCUT2D eigenvalue weighted by atomic mass is 16.4. The molecular formula is C13H18O3. The third-order valence-corrected chi connectivity index (χ3v) is 3.43. The molecule has 0 aromatic carbocycles. The van der Waals surface area contributed by atoms with Crippen LogP contribution in [0, 0.1) is 5.92 Å². The molecule has 3 heteroatoms. The summed E-state index contributed by atoms with van der Waals surface area (Å²) in [6.45, 7) is 2.29. The predicted molar refractivity (Wildman–Crippen MR) is 60.4 cm³/mol. The number of aliphatic carboxylic acids is 1. The van der Waals surface area contributed by atoms with Gasteiger partial charge in [-0.1, -0.05) is 19.8 Å². The van der Waals surface area contributed by atoms with Crippen molar-refractivity contribution in [1.29, 1.82) is 0 Å². The van der Waals surface area contributed by atoms with Gasteiger partial charge in [-0.05, 0) is 30.9 Å². The molecule has 1 aromatic rings. The number of hydrogen-bond acceptors (Lipinski definition) is 2. The van der Waals surface area contributed by atoms with Gasteiger partial charge in [0.05, 0.1) is 0 Å². The zero-order valence-corrected chi connectivity index (χ0v) is 9.61. The van der Waals surface area contributed by atoms with Gasteiger partial charge in [-0.3, -0.25) is 4.79 Å². The summed E-state index contributed by atoms with van der Waals surface area (Å²) in [5, 5.41) is 8.66. The molecule has 2 rings (SSSR count). The van der Waals surface area contributed by atoms with Crippen LogP contribution in [0.4, 0.5) is 0 Å². The average Bonchev–Trinajstić information content (AvgIpc) is 2.66. The summed E-state index contributed by atoms with van der Waals surface area (Å²) in [5.41, 5.74) is 0. The van der Waals surface area contributed by atoms with E-state index < -0.39 is 5.97 Å². The molecule has 1 aliphatic carbocycles. The fraction of sp³-hybridized carbons (Fsp3) is 0.615. The quantitative estimate of drug-likeness (QED) is 0.854. The number of carbonyl (C=O) groups is 1. The molecule has 0 aliphatic heterocycles. The van der Waals surface area contributed by atoms with E-state index in [0.717, 1.165) is 11.7 Å². The fourth-order valence-corrected chi connectivity index (χ4v) is 2.40. The van der Waals surface area contributed by atoms with Crippen molar-refractivity contribution in [2.24, 2.45) is 5.92 Å². The monoisotopic (exact) mass is 222 g/mol. The minimum atomic E-state index is -0.835. The van der Waals surface area contributed by atoms with E-state index in [-0.39, 0.29) is 6.42 Å². The highest BCUT2D eigenvalue weighted by molar-refractivity contribution is 5.69. The SMILES string of the molecule is CC1CCC(c2ccc(CC(=O)O)o2)CC1. The lowest BCUT2D eigenvalue weighted by Crippen LogP contribution is -2.10. The Labute approximate surface area is 95.5 Å². The molecule has 0 amide bonds. The molecule has 1 saturated carbocycles. The van der Waals surface area contributed by atoms with Crippen molar-refractivity contribution >= 4 is 5.97 Å². The van der Waals surface area contributed by atoms with Gasteiger partial charge in [0, 0.05) is 5.92 Å². The van der Waals surface area contributed by atoms with Crippen LogP contribution in [-0.4, -0.2) is 11.1 Å². The van der Waals surface area contributed by atoms with Crippen molar-refractivity contribution in [3.05, 3.63) is 23.7 Å². The lowest BCUT2D eigenvalue weighted by molar-refractivity contribution is -0.136. The maximum atomic E-state index is 10.5. The second-order valence-electron chi connectivity index (χ2n) is 4.83. The van der Waals surface area contributed by atoms with Crippen molar-refractivity contribution in [3.8, 4) is 0 Å². The predicted octanol–water partition coefficient (Wildman–Crippen LogP) is 3.20. The Morgan fingerprint density at radius 3 is 2.69 bits per heavy atom. The third-order valence-electron chi connectivity index (χ3n) is 3.43. The van der Waals surface area contributed by atoms with E-state index >= 15 is 0 Å². The summed E-state index contributed by atoms with van der Waals surface area (Å²) in [6.07, 6.45) is 4.82. The summed E-state index contributed by atoms with van der Waals surface area (Å²) in [7, 11) is 0. The van der Waals surface area contributed by atoms with Gasteiger partial charge in [0.15, 0.2) is 0 Å². The summed E-state index contributed by atoms with van der Waals surface area (Å²) in [6, 6.07) is 3.74. The van der Waals surface area contributed by atoms with Crippen LogP contribution in [0.1, 0.15) is 50.0 Å². The van der Waals surface area contributed by atoms with E-state index in [4.69, 9.17) is 9.52 Å². The van der Waals surface area contributed by atoms with Gasteiger partial charge in [-0.15, -0.1) is 0 Å². The Morgan fingerprint density at radius 1 is 1.38 bits per heavy atom. The minimum Gasteiger partial charge on any atom is -0.481 e. The van der Waals surface area contributed by atoms with Crippen LogP contribution in [-0.2, 0) is 11.2 Å². The first-order chi connectivity index (χ1) is 7.65. The maximum Gasteiger partial charge on any atom is 0.311 e. The van der Waals surface area contributed by atoms with Crippen LogP contribution >= 0.6 is 0 Å². The van der Waals surface area contributed by atoms with Gasteiger partial charge in [0.25, 0.3) is 0 Å². The molecule has 1 aromatic heterocycles. The zero-order valence-electron chi connectivity index (χ0n) is 9.61. The zero-order chi connectivity index (χ0) is 11.5. The topological polar surface area (TPSA) is 50.4 Å². The van der Waals surface area contributed by atoms with Crippen LogP contribution in [0.5, 0.6) is 0 Å². The molecule has 0 radical (unpaired) electrons. The van der Waals surface area contributed by atoms with Crippen molar-refractivity contribution in [1.82, 2.24) is 0 Å². The number of furan rings is 1. The summed E-state index contributed by atoms with van der Waals surface area (Å²) >= 11 is 0. The van der Waals surface area contributed by atoms with Gasteiger partial charge in [-0.25, -0.2) is 0 Å². The van der Waals surface area contributed by atoms with Crippen LogP contribution in [0.25, 0.3) is 0 Å². The lowest BCUT2D eigenvalue weighted by atomic mass is 9.82. The van der Waals surface area contributed by atoms with E-state index in [0.29, 0.717) is 11.7 Å². The molecule has 16 heavy (non-hydrogen) atoms. The summed E-state index contributed by atoms with van der Waals surface area (Å²) < 4.78 is 5.59. The van der Waals surface area contributed by atoms with Crippen molar-refractivity contribution < 1.29 is 14.3 Å². The molecule has 0 bridgehead atoms. The minimum absolute atomic E-state index is 0.0108. The number of carboxylic acids is 1. The molecule has 1 N–H and O–H groups in total. The molecule has 0 spiro atoms. The molecule has 1 fully saturated rings. The van der Waals surface area contributed by atoms with Crippen molar-refractivity contribution in [2.75, 3.05) is 0 Å². The van der Waals surface area contributed by atoms with Crippen molar-refractivity contribution in [3.63, 3.8) is 0 Å². The second-order valence-corrected chi connectivity index (χ2v) is 4.83. The molecule has 1 heterocycles. The Kier molecular flexibility index (Phi) is 3.32. The number of hydrogen-bond donors (Lipinski definition) is 1. The smallest absolute Gasteiger partial charge is 0.311 e. The Bertz CT molecular complexity index is 359. The van der Waals surface area contributed by atoms with Gasteiger partial charge in [-0.2, -0.15) is 0 Å². The Morgan fingerprint density at radius 2 is 2.06 bits per heavy atom. The van der Waals surface area contributed by atoms with E-state index in [9.17, 15) is 4.79 Å². The van der Waals surface area contributed by atoms with Crippen LogP contribution in [0.3, 0.4) is 0 Å². The standard InChI is InChI=1S/C13H18O3/c1-9-2-4-10(5-3-9)12-7-6-11(16-12)8-13(14)15/h6-7,9-10H,2-5,8H2,1H3,(H,14,15).